The molecule has 0 aliphatic heterocycles. The number of allylic oxidation sites excluding steroid dienone is 2. The molecule has 0 fully saturated rings. The van der Waals surface area contributed by atoms with Crippen LogP contribution in [0.25, 0.3) is 0 Å². The number of aliphatic carboxylic acids is 1. The van der Waals surface area contributed by atoms with Gasteiger partial charge in [-0.2, -0.15) is 0 Å². The molecule has 4 heteroatoms. The van der Waals surface area contributed by atoms with Gasteiger partial charge in [0.05, 0.1) is 0 Å². The Labute approximate surface area is 281 Å². The van der Waals surface area contributed by atoms with Crippen molar-refractivity contribution in [1.29, 1.82) is 0 Å². The molecule has 1 atom stereocenters. The lowest BCUT2D eigenvalue weighted by atomic mass is 10.0. The zero-order valence-corrected chi connectivity index (χ0v) is 30.4. The Kier molecular flexibility index (Phi) is 36.1. The molecular formula is C41H78O4. The van der Waals surface area contributed by atoms with Gasteiger partial charge in [-0.25, -0.2) is 0 Å². The van der Waals surface area contributed by atoms with E-state index in [-0.39, 0.29) is 12.1 Å². The van der Waals surface area contributed by atoms with Crippen molar-refractivity contribution in [3.8, 4) is 0 Å². The number of carbonyl (C=O) groups excluding carboxylic acids is 1. The van der Waals surface area contributed by atoms with Crippen LogP contribution in [0.3, 0.4) is 0 Å². The van der Waals surface area contributed by atoms with Crippen LogP contribution in [-0.4, -0.2) is 23.1 Å². The number of ether oxygens (including phenoxy) is 1. The van der Waals surface area contributed by atoms with E-state index in [4.69, 9.17) is 9.84 Å². The van der Waals surface area contributed by atoms with E-state index >= 15 is 0 Å². The third-order valence-corrected chi connectivity index (χ3v) is 9.31. The molecule has 45 heavy (non-hydrogen) atoms. The number of unbranched alkanes of at least 4 members (excludes halogenated alkanes) is 27. The third-order valence-electron chi connectivity index (χ3n) is 9.31. The number of esters is 1. The lowest BCUT2D eigenvalue weighted by Gasteiger charge is -2.16. The van der Waals surface area contributed by atoms with Crippen molar-refractivity contribution >= 4 is 11.9 Å². The second-order valence-electron chi connectivity index (χ2n) is 13.8. The van der Waals surface area contributed by atoms with Crippen LogP contribution in [0.4, 0.5) is 0 Å². The Balaban J connectivity index is 3.39. The lowest BCUT2D eigenvalue weighted by Crippen LogP contribution is -2.17. The normalized spacial score (nSPS) is 12.2. The van der Waals surface area contributed by atoms with E-state index in [9.17, 15) is 9.59 Å². The van der Waals surface area contributed by atoms with Crippen molar-refractivity contribution in [2.24, 2.45) is 0 Å². The van der Waals surface area contributed by atoms with Crippen LogP contribution in [0.15, 0.2) is 12.2 Å². The maximum atomic E-state index is 12.3. The zero-order valence-electron chi connectivity index (χ0n) is 30.4. The van der Waals surface area contributed by atoms with Gasteiger partial charge >= 0.3 is 11.9 Å². The Morgan fingerprint density at radius 1 is 0.489 bits per heavy atom. The molecule has 4 nitrogen and oxygen atoms in total. The highest BCUT2D eigenvalue weighted by atomic mass is 16.5. The molecule has 0 saturated carbocycles. The van der Waals surface area contributed by atoms with Crippen molar-refractivity contribution in [2.45, 2.75) is 238 Å². The van der Waals surface area contributed by atoms with E-state index in [1.54, 1.807) is 0 Å². The minimum Gasteiger partial charge on any atom is -0.481 e. The number of carboxylic acid groups (broad SMARTS) is 1. The van der Waals surface area contributed by atoms with Crippen LogP contribution in [0.1, 0.15) is 232 Å². The van der Waals surface area contributed by atoms with Crippen molar-refractivity contribution < 1.29 is 19.4 Å². The Morgan fingerprint density at radius 3 is 1.24 bits per heavy atom. The molecular weight excluding hydrogens is 556 g/mol. The molecule has 0 radical (unpaired) electrons. The summed E-state index contributed by atoms with van der Waals surface area (Å²) in [5.41, 5.74) is 0. The minimum atomic E-state index is -0.660. The van der Waals surface area contributed by atoms with Crippen LogP contribution in [0, 0.1) is 0 Å². The van der Waals surface area contributed by atoms with Crippen LogP contribution in [0.2, 0.25) is 0 Å². The molecule has 0 saturated heterocycles. The highest BCUT2D eigenvalue weighted by Gasteiger charge is 2.12. The van der Waals surface area contributed by atoms with Crippen LogP contribution in [0.5, 0.6) is 0 Å². The molecule has 0 aliphatic carbocycles. The van der Waals surface area contributed by atoms with E-state index in [0.29, 0.717) is 12.8 Å². The monoisotopic (exact) mass is 635 g/mol. The smallest absolute Gasteiger partial charge is 0.306 e. The first-order valence-electron chi connectivity index (χ1n) is 20.2. The first-order chi connectivity index (χ1) is 22.1. The summed E-state index contributed by atoms with van der Waals surface area (Å²) in [5, 5.41) is 8.65. The maximum absolute atomic E-state index is 12.3. The Morgan fingerprint density at radius 2 is 0.844 bits per heavy atom. The summed E-state index contributed by atoms with van der Waals surface area (Å²) in [6.45, 7) is 4.41. The number of rotatable bonds is 37. The molecule has 266 valence electrons. The van der Waals surface area contributed by atoms with E-state index < -0.39 is 5.97 Å². The second kappa shape index (κ2) is 37.1. The number of hydrogen-bond acceptors (Lipinski definition) is 3. The molecule has 0 bridgehead atoms. The molecule has 0 aliphatic rings. The van der Waals surface area contributed by atoms with Gasteiger partial charge in [-0.15, -0.1) is 0 Å². The van der Waals surface area contributed by atoms with E-state index in [0.717, 1.165) is 38.5 Å². The standard InChI is InChI=1S/C41H78O4/c1-3-5-6-7-8-9-10-11-20-23-26-29-32-35-38-41(44)45-39(4-2)36-33-30-27-24-21-18-16-14-12-13-15-17-19-22-25-28-31-34-37-40(42)43/h9-10,39H,3-8,11-38H2,1-2H3,(H,42,43)/b10-9-. The van der Waals surface area contributed by atoms with Crippen molar-refractivity contribution in [1.82, 2.24) is 0 Å². The molecule has 0 aromatic carbocycles. The molecule has 0 aromatic rings. The fraction of sp³-hybridized carbons (Fsp3) is 0.902. The minimum absolute atomic E-state index is 0.0210. The summed E-state index contributed by atoms with van der Waals surface area (Å²) in [4.78, 5) is 22.8. The lowest BCUT2D eigenvalue weighted by molar-refractivity contribution is -0.149. The van der Waals surface area contributed by atoms with Gasteiger partial charge in [0.25, 0.3) is 0 Å². The predicted octanol–water partition coefficient (Wildman–Crippen LogP) is 13.8. The van der Waals surface area contributed by atoms with E-state index in [2.05, 4.69) is 26.0 Å². The van der Waals surface area contributed by atoms with Crippen molar-refractivity contribution in [2.75, 3.05) is 0 Å². The third kappa shape index (κ3) is 37.0. The summed E-state index contributed by atoms with van der Waals surface area (Å²) >= 11 is 0. The van der Waals surface area contributed by atoms with Crippen molar-refractivity contribution in [3.63, 3.8) is 0 Å². The predicted molar refractivity (Wildman–Crippen MR) is 195 cm³/mol. The summed E-state index contributed by atoms with van der Waals surface area (Å²) < 4.78 is 5.79. The number of carbonyl (C=O) groups is 2. The Bertz CT molecular complexity index is 643. The highest BCUT2D eigenvalue weighted by Crippen LogP contribution is 2.17. The average Bonchev–Trinajstić information content (AvgIpc) is 3.03. The van der Waals surface area contributed by atoms with Gasteiger partial charge in [0.2, 0.25) is 0 Å². The van der Waals surface area contributed by atoms with Gasteiger partial charge in [0.15, 0.2) is 0 Å². The molecule has 1 unspecified atom stereocenters. The van der Waals surface area contributed by atoms with Gasteiger partial charge in [0.1, 0.15) is 6.10 Å². The zero-order chi connectivity index (χ0) is 32.9. The van der Waals surface area contributed by atoms with E-state index in [1.165, 1.54) is 167 Å². The molecule has 0 rings (SSSR count). The highest BCUT2D eigenvalue weighted by molar-refractivity contribution is 5.69. The molecule has 0 amide bonds. The maximum Gasteiger partial charge on any atom is 0.306 e. The van der Waals surface area contributed by atoms with Gasteiger partial charge in [-0.3, -0.25) is 9.59 Å². The fourth-order valence-electron chi connectivity index (χ4n) is 6.23. The first-order valence-corrected chi connectivity index (χ1v) is 20.2. The topological polar surface area (TPSA) is 63.6 Å². The molecule has 0 spiro atoms. The quantitative estimate of drug-likeness (QED) is 0.0419. The molecule has 1 N–H and O–H groups in total. The molecule has 0 aromatic heterocycles. The van der Waals surface area contributed by atoms with Crippen molar-refractivity contribution in [3.05, 3.63) is 12.2 Å². The van der Waals surface area contributed by atoms with Crippen LogP contribution in [-0.2, 0) is 14.3 Å². The summed E-state index contributed by atoms with van der Waals surface area (Å²) in [6, 6.07) is 0. The van der Waals surface area contributed by atoms with Crippen LogP contribution < -0.4 is 0 Å². The van der Waals surface area contributed by atoms with Gasteiger partial charge in [-0.05, 0) is 57.8 Å². The fourth-order valence-corrected chi connectivity index (χ4v) is 6.23. The summed E-state index contributed by atoms with van der Waals surface area (Å²) in [7, 11) is 0. The van der Waals surface area contributed by atoms with Gasteiger partial charge in [0, 0.05) is 12.8 Å². The van der Waals surface area contributed by atoms with Gasteiger partial charge < -0.3 is 9.84 Å². The van der Waals surface area contributed by atoms with E-state index in [1.807, 2.05) is 0 Å². The number of carboxylic acids is 1. The average molecular weight is 635 g/mol. The van der Waals surface area contributed by atoms with Gasteiger partial charge in [-0.1, -0.05) is 174 Å². The summed E-state index contributed by atoms with van der Waals surface area (Å²) in [5.74, 6) is -0.639. The van der Waals surface area contributed by atoms with Crippen LogP contribution >= 0.6 is 0 Å². The SMILES string of the molecule is CCCCCC/C=C\CCCCCCCCC(=O)OC(CC)CCCCCCCCCCCCCCCCCCCCC(=O)O. The Hall–Kier alpha value is -1.32. The number of hydrogen-bond donors (Lipinski definition) is 1. The largest absolute Gasteiger partial charge is 0.481 e. The second-order valence-corrected chi connectivity index (χ2v) is 13.8. The summed E-state index contributed by atoms with van der Waals surface area (Å²) in [6.07, 6.45) is 46.1. The first kappa shape index (κ1) is 43.7. The molecule has 0 heterocycles.